The number of piperidine rings is 1. The number of benzene rings is 2. The lowest BCUT2D eigenvalue weighted by atomic mass is 9.82. The minimum Gasteiger partial charge on any atom is -0.497 e. The van der Waals surface area contributed by atoms with Crippen molar-refractivity contribution in [3.05, 3.63) is 58.9 Å². The molecule has 3 heterocycles. The van der Waals surface area contributed by atoms with Gasteiger partial charge in [0.15, 0.2) is 5.78 Å². The number of aromatic nitrogens is 2. The predicted molar refractivity (Wildman–Crippen MR) is 119 cm³/mol. The van der Waals surface area contributed by atoms with Crippen molar-refractivity contribution in [2.75, 3.05) is 20.2 Å². The number of Topliss-reactive ketones (excluding diaryl/α,β-unsaturated/α-hetero) is 1. The summed E-state index contributed by atoms with van der Waals surface area (Å²) in [7, 11) is 1.59. The van der Waals surface area contributed by atoms with Crippen molar-refractivity contribution in [2.45, 2.75) is 38.7 Å². The van der Waals surface area contributed by atoms with Gasteiger partial charge in [-0.05, 0) is 44.2 Å². The van der Waals surface area contributed by atoms with Crippen LogP contribution in [0.15, 0.2) is 36.4 Å². The van der Waals surface area contributed by atoms with Crippen LogP contribution in [0.3, 0.4) is 0 Å². The molecule has 7 heteroatoms. The first-order valence-electron chi connectivity index (χ1n) is 10.8. The number of carbonyl (C=O) groups excluding carboxylic acids is 2. The van der Waals surface area contributed by atoms with E-state index in [1.807, 2.05) is 36.9 Å². The van der Waals surface area contributed by atoms with E-state index >= 15 is 0 Å². The Bertz CT molecular complexity index is 1250. The van der Waals surface area contributed by atoms with Crippen LogP contribution in [-0.2, 0) is 0 Å². The van der Waals surface area contributed by atoms with Crippen LogP contribution >= 0.6 is 0 Å². The standard InChI is InChI=1S/C25H25N3O4/c1-15-16(2)27-21-12-17(4-7-20(21)26-15)24(30)28-10-8-25(9-11-28)14-22(29)19-6-5-18(31-3)13-23(19)32-25/h4-7,12-13H,8-11,14H2,1-3H3. The highest BCUT2D eigenvalue weighted by atomic mass is 16.5. The van der Waals surface area contributed by atoms with Gasteiger partial charge in [0, 0.05) is 37.6 Å². The molecule has 0 aliphatic carbocycles. The Hall–Kier alpha value is -3.48. The summed E-state index contributed by atoms with van der Waals surface area (Å²) in [6, 6.07) is 10.8. The number of fused-ring (bicyclic) bond motifs is 2. The van der Waals surface area contributed by atoms with Gasteiger partial charge in [-0.3, -0.25) is 9.59 Å². The molecule has 164 valence electrons. The largest absolute Gasteiger partial charge is 0.497 e. The van der Waals surface area contributed by atoms with Crippen molar-refractivity contribution in [2.24, 2.45) is 0 Å². The van der Waals surface area contributed by atoms with Crippen LogP contribution in [0, 0.1) is 13.8 Å². The molecular formula is C25H25N3O4. The summed E-state index contributed by atoms with van der Waals surface area (Å²) >= 11 is 0. The van der Waals surface area contributed by atoms with Gasteiger partial charge in [0.05, 0.1) is 41.5 Å². The van der Waals surface area contributed by atoms with Gasteiger partial charge in [-0.25, -0.2) is 9.97 Å². The molecule has 1 spiro atoms. The molecular weight excluding hydrogens is 406 g/mol. The summed E-state index contributed by atoms with van der Waals surface area (Å²) in [5, 5.41) is 0. The molecule has 0 unspecified atom stereocenters. The molecule has 0 radical (unpaired) electrons. The first-order chi connectivity index (χ1) is 15.4. The van der Waals surface area contributed by atoms with E-state index in [1.54, 1.807) is 25.3 Å². The highest BCUT2D eigenvalue weighted by molar-refractivity contribution is 6.01. The molecule has 0 N–H and O–H groups in total. The van der Waals surface area contributed by atoms with Gasteiger partial charge < -0.3 is 14.4 Å². The van der Waals surface area contributed by atoms with Gasteiger partial charge in [0.25, 0.3) is 5.91 Å². The summed E-state index contributed by atoms with van der Waals surface area (Å²) in [6.45, 7) is 4.90. The van der Waals surface area contributed by atoms with Crippen molar-refractivity contribution in [3.8, 4) is 11.5 Å². The zero-order valence-corrected chi connectivity index (χ0v) is 18.5. The summed E-state index contributed by atoms with van der Waals surface area (Å²) in [5.41, 5.74) is 3.87. The summed E-state index contributed by atoms with van der Waals surface area (Å²) in [5.74, 6) is 1.27. The molecule has 0 bridgehead atoms. The van der Waals surface area contributed by atoms with Crippen molar-refractivity contribution in [1.82, 2.24) is 14.9 Å². The number of carbonyl (C=O) groups is 2. The number of methoxy groups -OCH3 is 1. The third-order valence-electron chi connectivity index (χ3n) is 6.58. The first-order valence-corrected chi connectivity index (χ1v) is 10.8. The fraction of sp³-hybridized carbons (Fsp3) is 0.360. The van der Waals surface area contributed by atoms with Gasteiger partial charge in [-0.15, -0.1) is 0 Å². The lowest BCUT2D eigenvalue weighted by molar-refractivity contribution is -0.00580. The van der Waals surface area contributed by atoms with Crippen LogP contribution in [-0.4, -0.2) is 52.4 Å². The maximum atomic E-state index is 13.2. The average molecular weight is 431 g/mol. The van der Waals surface area contributed by atoms with E-state index < -0.39 is 5.60 Å². The minimum atomic E-state index is -0.573. The zero-order valence-electron chi connectivity index (χ0n) is 18.5. The Kier molecular flexibility index (Phi) is 4.84. The predicted octanol–water partition coefficient (Wildman–Crippen LogP) is 3.90. The topological polar surface area (TPSA) is 81.6 Å². The van der Waals surface area contributed by atoms with Crippen LogP contribution in [0.25, 0.3) is 11.0 Å². The number of likely N-dealkylation sites (tertiary alicyclic amines) is 1. The van der Waals surface area contributed by atoms with Gasteiger partial charge >= 0.3 is 0 Å². The maximum Gasteiger partial charge on any atom is 0.253 e. The summed E-state index contributed by atoms with van der Waals surface area (Å²) in [4.78, 5) is 36.9. The Morgan fingerprint density at radius 3 is 2.47 bits per heavy atom. The van der Waals surface area contributed by atoms with Gasteiger partial charge in [0.1, 0.15) is 17.1 Å². The fourth-order valence-electron chi connectivity index (χ4n) is 4.54. The molecule has 2 aromatic carbocycles. The average Bonchev–Trinajstić information content (AvgIpc) is 2.79. The Morgan fingerprint density at radius 1 is 1.03 bits per heavy atom. The lowest BCUT2D eigenvalue weighted by Crippen LogP contribution is -2.52. The Balaban J connectivity index is 1.33. The second-order valence-electron chi connectivity index (χ2n) is 8.64. The molecule has 1 amide bonds. The van der Waals surface area contributed by atoms with E-state index in [-0.39, 0.29) is 11.7 Å². The number of nitrogens with zero attached hydrogens (tertiary/aromatic N) is 3. The van der Waals surface area contributed by atoms with Crippen LogP contribution in [0.1, 0.15) is 51.4 Å². The van der Waals surface area contributed by atoms with Crippen molar-refractivity contribution in [1.29, 1.82) is 0 Å². The van der Waals surface area contributed by atoms with E-state index in [4.69, 9.17) is 9.47 Å². The normalized spacial score (nSPS) is 17.2. The van der Waals surface area contributed by atoms with E-state index in [2.05, 4.69) is 9.97 Å². The number of hydrogen-bond acceptors (Lipinski definition) is 6. The molecule has 1 fully saturated rings. The van der Waals surface area contributed by atoms with Crippen molar-refractivity contribution >= 4 is 22.7 Å². The molecule has 2 aliphatic heterocycles. The molecule has 1 aromatic heterocycles. The third-order valence-corrected chi connectivity index (χ3v) is 6.58. The molecule has 0 atom stereocenters. The molecule has 0 saturated carbocycles. The van der Waals surface area contributed by atoms with Crippen LogP contribution in [0.2, 0.25) is 0 Å². The van der Waals surface area contributed by atoms with Crippen LogP contribution in [0.4, 0.5) is 0 Å². The number of hydrogen-bond donors (Lipinski definition) is 0. The molecule has 32 heavy (non-hydrogen) atoms. The van der Waals surface area contributed by atoms with Crippen molar-refractivity contribution in [3.63, 3.8) is 0 Å². The minimum absolute atomic E-state index is 0.0361. The SMILES string of the molecule is COc1ccc2c(c1)OC1(CCN(C(=O)c3ccc4nc(C)c(C)nc4c3)CC1)CC2=O. The van der Waals surface area contributed by atoms with E-state index in [0.717, 1.165) is 22.4 Å². The smallest absolute Gasteiger partial charge is 0.253 e. The molecule has 5 rings (SSSR count). The highest BCUT2D eigenvalue weighted by Crippen LogP contribution is 2.41. The number of aryl methyl sites for hydroxylation is 2. The number of rotatable bonds is 2. The second-order valence-corrected chi connectivity index (χ2v) is 8.64. The summed E-state index contributed by atoms with van der Waals surface area (Å²) in [6.07, 6.45) is 1.54. The summed E-state index contributed by atoms with van der Waals surface area (Å²) < 4.78 is 11.6. The molecule has 2 aliphatic rings. The first kappa shape index (κ1) is 20.4. The number of ether oxygens (including phenoxy) is 2. The molecule has 7 nitrogen and oxygen atoms in total. The van der Waals surface area contributed by atoms with Crippen molar-refractivity contribution < 1.29 is 19.1 Å². The fourth-order valence-corrected chi connectivity index (χ4v) is 4.54. The maximum absolute atomic E-state index is 13.2. The van der Waals surface area contributed by atoms with Gasteiger partial charge in [-0.1, -0.05) is 0 Å². The lowest BCUT2D eigenvalue weighted by Gasteiger charge is -2.44. The third kappa shape index (κ3) is 3.47. The molecule has 3 aromatic rings. The Morgan fingerprint density at radius 2 is 1.75 bits per heavy atom. The number of amides is 1. The zero-order chi connectivity index (χ0) is 22.5. The Labute approximate surface area is 186 Å². The second kappa shape index (κ2) is 7.58. The quantitative estimate of drug-likeness (QED) is 0.612. The van der Waals surface area contributed by atoms with Crippen LogP contribution < -0.4 is 9.47 Å². The van der Waals surface area contributed by atoms with Gasteiger partial charge in [-0.2, -0.15) is 0 Å². The highest BCUT2D eigenvalue weighted by Gasteiger charge is 2.43. The van der Waals surface area contributed by atoms with Gasteiger partial charge in [0.2, 0.25) is 0 Å². The number of ketones is 1. The van der Waals surface area contributed by atoms with E-state index in [9.17, 15) is 9.59 Å². The van der Waals surface area contributed by atoms with E-state index in [1.165, 1.54) is 0 Å². The molecule has 1 saturated heterocycles. The van der Waals surface area contributed by atoms with Crippen LogP contribution in [0.5, 0.6) is 11.5 Å². The monoisotopic (exact) mass is 431 g/mol. The van der Waals surface area contributed by atoms with E-state index in [0.29, 0.717) is 55.0 Å².